The minimum atomic E-state index is -0.862. The van der Waals surface area contributed by atoms with Crippen LogP contribution in [0, 0.1) is 11.3 Å². The molecule has 9 heteroatoms. The van der Waals surface area contributed by atoms with E-state index in [1.54, 1.807) is 28.9 Å². The highest BCUT2D eigenvalue weighted by molar-refractivity contribution is 6.00. The molecule has 1 unspecified atom stereocenters. The van der Waals surface area contributed by atoms with E-state index < -0.39 is 6.23 Å². The molecule has 3 heterocycles. The van der Waals surface area contributed by atoms with Crippen molar-refractivity contribution in [2.45, 2.75) is 31.5 Å². The van der Waals surface area contributed by atoms with Gasteiger partial charge in [-0.25, -0.2) is 4.98 Å². The second-order valence-corrected chi connectivity index (χ2v) is 7.46. The van der Waals surface area contributed by atoms with Crippen molar-refractivity contribution in [3.05, 3.63) is 53.2 Å². The first-order valence-corrected chi connectivity index (χ1v) is 9.71. The summed E-state index contributed by atoms with van der Waals surface area (Å²) < 4.78 is 1.72. The molecule has 2 aliphatic rings. The van der Waals surface area contributed by atoms with E-state index in [9.17, 15) is 9.90 Å². The summed E-state index contributed by atoms with van der Waals surface area (Å²) in [5.41, 5.74) is 3.17. The van der Waals surface area contributed by atoms with Crippen molar-refractivity contribution in [1.29, 1.82) is 5.26 Å². The second-order valence-electron chi connectivity index (χ2n) is 7.46. The van der Waals surface area contributed by atoms with Gasteiger partial charge in [0.2, 0.25) is 5.91 Å². The molecule has 9 nitrogen and oxygen atoms in total. The number of anilines is 3. The number of nitriles is 1. The third kappa shape index (κ3) is 3.56. The lowest BCUT2D eigenvalue weighted by Crippen LogP contribution is -2.24. The van der Waals surface area contributed by atoms with Gasteiger partial charge in [0.15, 0.2) is 5.65 Å². The monoisotopic (exact) mass is 401 g/mol. The molecule has 2 aromatic heterocycles. The molecule has 1 aromatic carbocycles. The fraction of sp³-hybridized carbons (Fsp3) is 0.238. The molecule has 1 aliphatic carbocycles. The summed E-state index contributed by atoms with van der Waals surface area (Å²) in [6, 6.07) is 11.5. The van der Waals surface area contributed by atoms with Gasteiger partial charge >= 0.3 is 0 Å². The quantitative estimate of drug-likeness (QED) is 0.482. The number of nitrogens with one attached hydrogen (secondary N) is 3. The molecule has 2 fully saturated rings. The molecule has 150 valence electrons. The molecule has 4 N–H and O–H groups in total. The van der Waals surface area contributed by atoms with E-state index in [0.29, 0.717) is 34.2 Å². The predicted molar refractivity (Wildman–Crippen MR) is 111 cm³/mol. The van der Waals surface area contributed by atoms with E-state index in [-0.39, 0.29) is 12.3 Å². The third-order valence-corrected chi connectivity index (χ3v) is 5.05. The van der Waals surface area contributed by atoms with Gasteiger partial charge in [0.25, 0.3) is 0 Å². The van der Waals surface area contributed by atoms with Crippen molar-refractivity contribution in [3.63, 3.8) is 0 Å². The fourth-order valence-electron chi connectivity index (χ4n) is 3.37. The Bertz CT molecular complexity index is 1200. The van der Waals surface area contributed by atoms with Crippen molar-refractivity contribution in [2.24, 2.45) is 0 Å². The number of aliphatic hydroxyl groups excluding tert-OH is 1. The second kappa shape index (κ2) is 7.17. The summed E-state index contributed by atoms with van der Waals surface area (Å²) in [5.74, 6) is 1.13. The first-order chi connectivity index (χ1) is 14.6. The van der Waals surface area contributed by atoms with Gasteiger partial charge < -0.3 is 21.1 Å². The zero-order valence-electron chi connectivity index (χ0n) is 16.0. The maximum atomic E-state index is 12.0. The van der Waals surface area contributed by atoms with E-state index in [2.05, 4.69) is 27.1 Å². The Balaban J connectivity index is 1.54. The number of aromatic nitrogens is 3. The van der Waals surface area contributed by atoms with Crippen LogP contribution in [0.15, 0.2) is 42.1 Å². The van der Waals surface area contributed by atoms with Gasteiger partial charge in [0.1, 0.15) is 17.9 Å². The first-order valence-electron chi connectivity index (χ1n) is 9.71. The number of nitrogens with zero attached hydrogens (tertiary/aromatic N) is 4. The lowest BCUT2D eigenvalue weighted by molar-refractivity contribution is -0.117. The van der Waals surface area contributed by atoms with Crippen molar-refractivity contribution >= 4 is 35.0 Å². The summed E-state index contributed by atoms with van der Waals surface area (Å²) >= 11 is 0. The van der Waals surface area contributed by atoms with Gasteiger partial charge in [0.05, 0.1) is 17.8 Å². The zero-order chi connectivity index (χ0) is 20.7. The number of fused-ring (bicyclic) bond motifs is 1. The lowest BCUT2D eigenvalue weighted by Gasteiger charge is -2.11. The van der Waals surface area contributed by atoms with Crippen LogP contribution in [0.2, 0.25) is 0 Å². The van der Waals surface area contributed by atoms with Crippen LogP contribution in [0.4, 0.5) is 17.3 Å². The average molecular weight is 401 g/mol. The fourth-order valence-corrected chi connectivity index (χ4v) is 3.37. The van der Waals surface area contributed by atoms with Crippen LogP contribution >= 0.6 is 0 Å². The van der Waals surface area contributed by atoms with Crippen molar-refractivity contribution in [2.75, 3.05) is 10.6 Å². The maximum Gasteiger partial charge on any atom is 0.249 e. The Morgan fingerprint density at radius 2 is 2.10 bits per heavy atom. The van der Waals surface area contributed by atoms with Crippen LogP contribution < -0.4 is 16.0 Å². The molecule has 1 saturated carbocycles. The molecular formula is C21H19N7O2. The molecule has 30 heavy (non-hydrogen) atoms. The van der Waals surface area contributed by atoms with Crippen LogP contribution in [0.5, 0.6) is 0 Å². The van der Waals surface area contributed by atoms with Crippen molar-refractivity contribution < 1.29 is 9.90 Å². The highest BCUT2D eigenvalue weighted by atomic mass is 16.3. The summed E-state index contributed by atoms with van der Waals surface area (Å²) in [4.78, 5) is 16.7. The van der Waals surface area contributed by atoms with Gasteiger partial charge in [-0.2, -0.15) is 14.9 Å². The molecule has 0 radical (unpaired) electrons. The minimum Gasteiger partial charge on any atom is -0.373 e. The van der Waals surface area contributed by atoms with Crippen molar-refractivity contribution in [3.8, 4) is 6.07 Å². The zero-order valence-corrected chi connectivity index (χ0v) is 16.0. The summed E-state index contributed by atoms with van der Waals surface area (Å²) in [6.07, 6.45) is 4.98. The molecule has 0 spiro atoms. The Morgan fingerprint density at radius 3 is 2.77 bits per heavy atom. The SMILES string of the molecule is N#Cc1ccc(Nc2cc(NC3CC3)n3ncc(/C=C4\CC(O)NC4=O)c3n2)cc1. The molecule has 5 rings (SSSR count). The number of amides is 1. The van der Waals surface area contributed by atoms with Gasteiger partial charge in [-0.3, -0.25) is 4.79 Å². The number of benzene rings is 1. The van der Waals surface area contributed by atoms with E-state index >= 15 is 0 Å². The van der Waals surface area contributed by atoms with E-state index in [1.165, 1.54) is 0 Å². The first kappa shape index (κ1) is 18.1. The van der Waals surface area contributed by atoms with E-state index in [0.717, 1.165) is 24.3 Å². The molecule has 1 aliphatic heterocycles. The smallest absolute Gasteiger partial charge is 0.249 e. The standard InChI is InChI=1S/C21H19N7O2/c22-10-12-1-3-15(4-2-12)24-17-9-18(25-16-5-6-16)28-20(26-17)14(11-23-28)7-13-8-19(29)27-21(13)30/h1-4,7,9,11,16,19,25,29H,5-6,8H2,(H,24,26)(H,27,30)/b13-7+. The maximum absolute atomic E-state index is 12.0. The predicted octanol–water partition coefficient (Wildman–Crippen LogP) is 2.14. The van der Waals surface area contributed by atoms with Crippen LogP contribution in [0.3, 0.4) is 0 Å². The van der Waals surface area contributed by atoms with Crippen LogP contribution in [-0.2, 0) is 4.79 Å². The molecule has 1 atom stereocenters. The van der Waals surface area contributed by atoms with Gasteiger partial charge in [-0.05, 0) is 43.2 Å². The topological polar surface area (TPSA) is 127 Å². The Labute approximate surface area is 172 Å². The number of hydrogen-bond acceptors (Lipinski definition) is 7. The Kier molecular flexibility index (Phi) is 4.34. The normalized spacial score (nSPS) is 19.7. The van der Waals surface area contributed by atoms with E-state index in [1.807, 2.05) is 18.2 Å². The van der Waals surface area contributed by atoms with Crippen LogP contribution in [-0.4, -0.2) is 37.9 Å². The number of carbonyl (C=O) groups excluding carboxylic acids is 1. The van der Waals surface area contributed by atoms with Gasteiger partial charge in [-0.15, -0.1) is 0 Å². The largest absolute Gasteiger partial charge is 0.373 e. The molecule has 0 bridgehead atoms. The van der Waals surface area contributed by atoms with Gasteiger partial charge in [0, 0.05) is 35.4 Å². The number of carbonyl (C=O) groups is 1. The number of aliphatic hydroxyl groups is 1. The molecule has 1 amide bonds. The molecule has 3 aromatic rings. The Hall–Kier alpha value is -3.90. The van der Waals surface area contributed by atoms with Crippen molar-refractivity contribution in [1.82, 2.24) is 19.9 Å². The molecule has 1 saturated heterocycles. The number of rotatable bonds is 5. The summed E-state index contributed by atoms with van der Waals surface area (Å²) in [6.45, 7) is 0. The van der Waals surface area contributed by atoms with Crippen LogP contribution in [0.25, 0.3) is 11.7 Å². The van der Waals surface area contributed by atoms with Crippen LogP contribution in [0.1, 0.15) is 30.4 Å². The van der Waals surface area contributed by atoms with Gasteiger partial charge in [-0.1, -0.05) is 0 Å². The summed E-state index contributed by atoms with van der Waals surface area (Å²) in [5, 5.41) is 32.3. The summed E-state index contributed by atoms with van der Waals surface area (Å²) in [7, 11) is 0. The van der Waals surface area contributed by atoms with E-state index in [4.69, 9.17) is 10.2 Å². The Morgan fingerprint density at radius 1 is 1.30 bits per heavy atom. The molecular weight excluding hydrogens is 382 g/mol. The lowest BCUT2D eigenvalue weighted by atomic mass is 10.1. The minimum absolute atomic E-state index is 0.243. The highest BCUT2D eigenvalue weighted by Gasteiger charge is 2.26. The number of hydrogen-bond donors (Lipinski definition) is 4. The average Bonchev–Trinajstić information content (AvgIpc) is 3.37. The third-order valence-electron chi connectivity index (χ3n) is 5.05. The highest BCUT2D eigenvalue weighted by Crippen LogP contribution is 2.29.